The fourth-order valence-electron chi connectivity index (χ4n) is 1.71. The fourth-order valence-corrected chi connectivity index (χ4v) is 2.01. The first-order valence-electron chi connectivity index (χ1n) is 5.65. The third kappa shape index (κ3) is 3.00. The second-order valence-corrected chi connectivity index (χ2v) is 4.35. The minimum atomic E-state index is -1.12. The van der Waals surface area contributed by atoms with Crippen molar-refractivity contribution in [2.45, 2.75) is 13.0 Å². The van der Waals surface area contributed by atoms with E-state index in [1.54, 1.807) is 6.07 Å². The van der Waals surface area contributed by atoms with Crippen molar-refractivity contribution in [1.29, 1.82) is 0 Å². The molecule has 0 amide bonds. The second kappa shape index (κ2) is 5.67. The quantitative estimate of drug-likeness (QED) is 0.898. The van der Waals surface area contributed by atoms with Crippen LogP contribution in [0.5, 0.6) is 0 Å². The smallest absolute Gasteiger partial charge is 0.358 e. The highest BCUT2D eigenvalue weighted by atomic mass is 35.5. The number of hydrogen-bond donors (Lipinski definition) is 2. The lowest BCUT2D eigenvalue weighted by Gasteiger charge is -2.16. The Kier molecular flexibility index (Phi) is 3.97. The Hall–Kier alpha value is -2.14. The minimum absolute atomic E-state index is 0.110. The predicted molar refractivity (Wildman–Crippen MR) is 72.5 cm³/mol. The van der Waals surface area contributed by atoms with Crippen molar-refractivity contribution in [2.24, 2.45) is 0 Å². The van der Waals surface area contributed by atoms with E-state index >= 15 is 0 Å². The molecule has 0 aliphatic rings. The molecule has 5 nitrogen and oxygen atoms in total. The second-order valence-electron chi connectivity index (χ2n) is 3.95. The molecule has 1 aromatic carbocycles. The van der Waals surface area contributed by atoms with Gasteiger partial charge in [0, 0.05) is 17.4 Å². The van der Waals surface area contributed by atoms with Gasteiger partial charge < -0.3 is 10.4 Å². The van der Waals surface area contributed by atoms with Crippen LogP contribution in [0.25, 0.3) is 0 Å². The van der Waals surface area contributed by atoms with E-state index in [9.17, 15) is 4.79 Å². The molecular formula is C13H12ClN3O2. The molecule has 1 aromatic heterocycles. The number of carboxylic acids is 1. The van der Waals surface area contributed by atoms with E-state index in [1.807, 2.05) is 25.1 Å². The predicted octanol–water partition coefficient (Wildman–Crippen LogP) is 3.00. The molecule has 2 N–H and O–H groups in total. The van der Waals surface area contributed by atoms with Crippen LogP contribution in [0.15, 0.2) is 36.7 Å². The van der Waals surface area contributed by atoms with Gasteiger partial charge >= 0.3 is 5.97 Å². The molecule has 98 valence electrons. The minimum Gasteiger partial charge on any atom is -0.476 e. The van der Waals surface area contributed by atoms with Gasteiger partial charge in [0.15, 0.2) is 11.5 Å². The summed E-state index contributed by atoms with van der Waals surface area (Å²) in [5.41, 5.74) is 0.757. The SMILES string of the molecule is CC(Nc1nccnc1C(=O)O)c1ccccc1Cl. The first-order chi connectivity index (χ1) is 9.09. The lowest BCUT2D eigenvalue weighted by atomic mass is 10.1. The monoisotopic (exact) mass is 277 g/mol. The summed E-state index contributed by atoms with van der Waals surface area (Å²) in [6, 6.07) is 7.18. The maximum atomic E-state index is 11.0. The van der Waals surface area contributed by atoms with Crippen LogP contribution in [-0.4, -0.2) is 21.0 Å². The van der Waals surface area contributed by atoms with E-state index in [-0.39, 0.29) is 17.6 Å². The largest absolute Gasteiger partial charge is 0.476 e. The molecule has 0 aliphatic carbocycles. The number of benzene rings is 1. The maximum Gasteiger partial charge on any atom is 0.358 e. The summed E-state index contributed by atoms with van der Waals surface area (Å²) >= 11 is 6.10. The molecule has 0 fully saturated rings. The van der Waals surface area contributed by atoms with E-state index < -0.39 is 5.97 Å². The normalized spacial score (nSPS) is 11.9. The summed E-state index contributed by atoms with van der Waals surface area (Å²) in [5.74, 6) is -0.899. The molecule has 0 saturated carbocycles. The molecule has 6 heteroatoms. The van der Waals surface area contributed by atoms with Crippen LogP contribution in [0, 0.1) is 0 Å². The first-order valence-corrected chi connectivity index (χ1v) is 6.02. The van der Waals surface area contributed by atoms with Crippen LogP contribution >= 0.6 is 11.6 Å². The molecule has 1 unspecified atom stereocenters. The Morgan fingerprint density at radius 2 is 2.00 bits per heavy atom. The van der Waals surface area contributed by atoms with Crippen molar-refractivity contribution in [3.8, 4) is 0 Å². The molecule has 0 bridgehead atoms. The fraction of sp³-hybridized carbons (Fsp3) is 0.154. The number of aromatic nitrogens is 2. The summed E-state index contributed by atoms with van der Waals surface area (Å²) in [6.07, 6.45) is 2.78. The van der Waals surface area contributed by atoms with E-state index in [0.29, 0.717) is 5.02 Å². The van der Waals surface area contributed by atoms with Gasteiger partial charge in [0.05, 0.1) is 6.04 Å². The lowest BCUT2D eigenvalue weighted by Crippen LogP contribution is -2.13. The number of nitrogens with one attached hydrogen (secondary N) is 1. The summed E-state index contributed by atoms with van der Waals surface area (Å²) < 4.78 is 0. The topological polar surface area (TPSA) is 75.1 Å². The molecule has 19 heavy (non-hydrogen) atoms. The Bertz CT molecular complexity index is 604. The molecule has 1 heterocycles. The van der Waals surface area contributed by atoms with Crippen LogP contribution in [0.2, 0.25) is 5.02 Å². The van der Waals surface area contributed by atoms with Gasteiger partial charge in [-0.1, -0.05) is 29.8 Å². The third-order valence-corrected chi connectivity index (χ3v) is 2.97. The highest BCUT2D eigenvalue weighted by Gasteiger charge is 2.16. The van der Waals surface area contributed by atoms with Gasteiger partial charge in [-0.25, -0.2) is 14.8 Å². The number of carbonyl (C=O) groups is 1. The third-order valence-electron chi connectivity index (χ3n) is 2.63. The van der Waals surface area contributed by atoms with Crippen LogP contribution in [0.4, 0.5) is 5.82 Å². The van der Waals surface area contributed by atoms with Gasteiger partial charge in [0.1, 0.15) is 0 Å². The molecular weight excluding hydrogens is 266 g/mol. The molecule has 0 spiro atoms. The maximum absolute atomic E-state index is 11.0. The van der Waals surface area contributed by atoms with E-state index in [2.05, 4.69) is 15.3 Å². The van der Waals surface area contributed by atoms with Gasteiger partial charge in [0.25, 0.3) is 0 Å². The standard InChI is InChI=1S/C13H12ClN3O2/c1-8(9-4-2-3-5-10(9)14)17-12-11(13(18)19)15-6-7-16-12/h2-8H,1H3,(H,16,17)(H,18,19). The average molecular weight is 278 g/mol. The zero-order valence-corrected chi connectivity index (χ0v) is 10.9. The number of aromatic carboxylic acids is 1. The zero-order valence-electron chi connectivity index (χ0n) is 10.2. The van der Waals surface area contributed by atoms with Crippen molar-refractivity contribution in [1.82, 2.24) is 9.97 Å². The van der Waals surface area contributed by atoms with Gasteiger partial charge in [-0.05, 0) is 18.6 Å². The van der Waals surface area contributed by atoms with Crippen molar-refractivity contribution in [3.05, 3.63) is 52.9 Å². The van der Waals surface area contributed by atoms with Crippen LogP contribution in [0.1, 0.15) is 29.0 Å². The summed E-state index contributed by atoms with van der Waals surface area (Å²) in [4.78, 5) is 18.8. The Morgan fingerprint density at radius 1 is 1.32 bits per heavy atom. The van der Waals surface area contributed by atoms with Gasteiger partial charge in [-0.15, -0.1) is 0 Å². The molecule has 2 aromatic rings. The number of rotatable bonds is 4. The molecule has 1 atom stereocenters. The molecule has 0 saturated heterocycles. The Labute approximate surface area is 115 Å². The summed E-state index contributed by atoms with van der Waals surface area (Å²) in [5, 5.41) is 12.7. The van der Waals surface area contributed by atoms with Crippen LogP contribution in [0.3, 0.4) is 0 Å². The van der Waals surface area contributed by atoms with E-state index in [4.69, 9.17) is 16.7 Å². The highest BCUT2D eigenvalue weighted by Crippen LogP contribution is 2.25. The summed E-state index contributed by atoms with van der Waals surface area (Å²) in [7, 11) is 0. The van der Waals surface area contributed by atoms with Crippen molar-refractivity contribution < 1.29 is 9.90 Å². The number of anilines is 1. The first kappa shape index (κ1) is 13.3. The van der Waals surface area contributed by atoms with Crippen molar-refractivity contribution in [3.63, 3.8) is 0 Å². The van der Waals surface area contributed by atoms with Gasteiger partial charge in [-0.3, -0.25) is 0 Å². The molecule has 2 rings (SSSR count). The van der Waals surface area contributed by atoms with Gasteiger partial charge in [-0.2, -0.15) is 0 Å². The average Bonchev–Trinajstić information content (AvgIpc) is 2.39. The van der Waals surface area contributed by atoms with Crippen molar-refractivity contribution in [2.75, 3.05) is 5.32 Å². The molecule has 0 aliphatic heterocycles. The number of carboxylic acid groups (broad SMARTS) is 1. The Balaban J connectivity index is 2.27. The lowest BCUT2D eigenvalue weighted by molar-refractivity contribution is 0.0691. The van der Waals surface area contributed by atoms with Crippen LogP contribution in [-0.2, 0) is 0 Å². The molecule has 0 radical (unpaired) electrons. The van der Waals surface area contributed by atoms with Gasteiger partial charge in [0.2, 0.25) is 0 Å². The van der Waals surface area contributed by atoms with Crippen LogP contribution < -0.4 is 5.32 Å². The number of halogens is 1. The summed E-state index contributed by atoms with van der Waals surface area (Å²) in [6.45, 7) is 1.88. The van der Waals surface area contributed by atoms with E-state index in [0.717, 1.165) is 5.56 Å². The van der Waals surface area contributed by atoms with Crippen molar-refractivity contribution >= 4 is 23.4 Å². The highest BCUT2D eigenvalue weighted by molar-refractivity contribution is 6.31. The number of nitrogens with zero attached hydrogens (tertiary/aromatic N) is 2. The zero-order chi connectivity index (χ0) is 13.8. The number of hydrogen-bond acceptors (Lipinski definition) is 4. The Morgan fingerprint density at radius 3 is 2.68 bits per heavy atom. The van der Waals surface area contributed by atoms with E-state index in [1.165, 1.54) is 12.4 Å².